The summed E-state index contributed by atoms with van der Waals surface area (Å²) in [5, 5.41) is 4.57. The average molecular weight is 321 g/mol. The maximum absolute atomic E-state index is 13.7. The van der Waals surface area contributed by atoms with E-state index in [0.29, 0.717) is 22.5 Å². The van der Waals surface area contributed by atoms with E-state index in [0.717, 1.165) is 17.3 Å². The molecule has 3 nitrogen and oxygen atoms in total. The Bertz CT molecular complexity index is 1030. The van der Waals surface area contributed by atoms with Crippen LogP contribution in [0.1, 0.15) is 5.69 Å². The molecule has 0 amide bonds. The summed E-state index contributed by atoms with van der Waals surface area (Å²) in [6.07, 6.45) is 1.80. The molecule has 5 heteroatoms. The van der Waals surface area contributed by atoms with Crippen molar-refractivity contribution >= 4 is 5.52 Å². The summed E-state index contributed by atoms with van der Waals surface area (Å²) < 4.78 is 29.2. The molecule has 0 fully saturated rings. The lowest BCUT2D eigenvalue weighted by molar-refractivity contribution is 0.584. The first kappa shape index (κ1) is 14.5. The molecule has 0 saturated heterocycles. The fourth-order valence-electron chi connectivity index (χ4n) is 2.84. The average Bonchev–Trinajstić information content (AvgIpc) is 2.93. The lowest BCUT2D eigenvalue weighted by Gasteiger charge is -2.05. The second-order valence-electron chi connectivity index (χ2n) is 5.58. The highest BCUT2D eigenvalue weighted by molar-refractivity contribution is 5.91. The van der Waals surface area contributed by atoms with E-state index in [1.54, 1.807) is 10.7 Å². The van der Waals surface area contributed by atoms with Gasteiger partial charge in [-0.25, -0.2) is 13.3 Å². The molecule has 0 saturated carbocycles. The van der Waals surface area contributed by atoms with E-state index in [4.69, 9.17) is 0 Å². The highest BCUT2D eigenvalue weighted by Crippen LogP contribution is 2.35. The van der Waals surface area contributed by atoms with E-state index in [1.165, 1.54) is 12.1 Å². The van der Waals surface area contributed by atoms with Gasteiger partial charge in [0.15, 0.2) is 0 Å². The van der Waals surface area contributed by atoms with E-state index in [-0.39, 0.29) is 0 Å². The SMILES string of the molecule is Cc1cccc(-c2nn3ccccc3c2-c2cc(F)cc(F)c2)n1. The van der Waals surface area contributed by atoms with Gasteiger partial charge in [-0.1, -0.05) is 12.1 Å². The van der Waals surface area contributed by atoms with Gasteiger partial charge in [-0.2, -0.15) is 5.10 Å². The summed E-state index contributed by atoms with van der Waals surface area (Å²) in [4.78, 5) is 4.51. The summed E-state index contributed by atoms with van der Waals surface area (Å²) >= 11 is 0. The largest absolute Gasteiger partial charge is 0.251 e. The molecule has 118 valence electrons. The molecule has 4 aromatic rings. The van der Waals surface area contributed by atoms with Crippen molar-refractivity contribution in [3.8, 4) is 22.5 Å². The molecular weight excluding hydrogens is 308 g/mol. The van der Waals surface area contributed by atoms with Crippen LogP contribution < -0.4 is 0 Å². The first-order chi connectivity index (χ1) is 11.6. The van der Waals surface area contributed by atoms with Crippen LogP contribution in [0.15, 0.2) is 60.8 Å². The van der Waals surface area contributed by atoms with E-state index in [1.807, 2.05) is 43.3 Å². The van der Waals surface area contributed by atoms with Crippen LogP contribution in [0, 0.1) is 18.6 Å². The molecule has 0 atom stereocenters. The monoisotopic (exact) mass is 321 g/mol. The van der Waals surface area contributed by atoms with Crippen molar-refractivity contribution in [1.82, 2.24) is 14.6 Å². The molecule has 0 aliphatic rings. The zero-order chi connectivity index (χ0) is 16.7. The highest BCUT2D eigenvalue weighted by Gasteiger charge is 2.18. The van der Waals surface area contributed by atoms with Crippen LogP contribution in [0.2, 0.25) is 0 Å². The molecule has 0 aliphatic heterocycles. The highest BCUT2D eigenvalue weighted by atomic mass is 19.1. The number of fused-ring (bicyclic) bond motifs is 1. The number of hydrogen-bond donors (Lipinski definition) is 0. The Kier molecular flexibility index (Phi) is 3.34. The number of hydrogen-bond acceptors (Lipinski definition) is 2. The van der Waals surface area contributed by atoms with Crippen molar-refractivity contribution in [2.24, 2.45) is 0 Å². The molecule has 0 aliphatic carbocycles. The second kappa shape index (κ2) is 5.53. The Labute approximate surface area is 137 Å². The van der Waals surface area contributed by atoms with Gasteiger partial charge in [0.25, 0.3) is 0 Å². The molecule has 0 spiro atoms. The normalized spacial score (nSPS) is 11.1. The zero-order valence-electron chi connectivity index (χ0n) is 12.9. The predicted molar refractivity (Wildman–Crippen MR) is 88.5 cm³/mol. The smallest absolute Gasteiger partial charge is 0.126 e. The molecule has 0 N–H and O–H groups in total. The number of aromatic nitrogens is 3. The maximum Gasteiger partial charge on any atom is 0.126 e. The van der Waals surface area contributed by atoms with Gasteiger partial charge in [-0.05, 0) is 48.9 Å². The number of nitrogens with zero attached hydrogens (tertiary/aromatic N) is 3. The lowest BCUT2D eigenvalue weighted by Crippen LogP contribution is -1.90. The fourth-order valence-corrected chi connectivity index (χ4v) is 2.84. The third kappa shape index (κ3) is 2.44. The maximum atomic E-state index is 13.7. The number of rotatable bonds is 2. The van der Waals surface area contributed by atoms with E-state index in [9.17, 15) is 8.78 Å². The quantitative estimate of drug-likeness (QED) is 0.538. The van der Waals surface area contributed by atoms with Crippen molar-refractivity contribution in [3.05, 3.63) is 78.1 Å². The van der Waals surface area contributed by atoms with Gasteiger partial charge in [-0.3, -0.25) is 4.98 Å². The van der Waals surface area contributed by atoms with Gasteiger partial charge in [0, 0.05) is 23.5 Å². The number of aryl methyl sites for hydroxylation is 1. The van der Waals surface area contributed by atoms with Gasteiger partial charge in [0.05, 0.1) is 11.2 Å². The summed E-state index contributed by atoms with van der Waals surface area (Å²) in [6, 6.07) is 14.7. The van der Waals surface area contributed by atoms with Crippen molar-refractivity contribution in [3.63, 3.8) is 0 Å². The lowest BCUT2D eigenvalue weighted by atomic mass is 10.0. The van der Waals surface area contributed by atoms with E-state index in [2.05, 4.69) is 10.1 Å². The van der Waals surface area contributed by atoms with Gasteiger partial charge < -0.3 is 0 Å². The second-order valence-corrected chi connectivity index (χ2v) is 5.58. The minimum absolute atomic E-state index is 0.437. The molecular formula is C19H13F2N3. The van der Waals surface area contributed by atoms with Crippen LogP contribution in [-0.2, 0) is 0 Å². The first-order valence-corrected chi connectivity index (χ1v) is 7.50. The molecule has 0 bridgehead atoms. The zero-order valence-corrected chi connectivity index (χ0v) is 12.9. The first-order valence-electron chi connectivity index (χ1n) is 7.50. The van der Waals surface area contributed by atoms with Crippen molar-refractivity contribution in [1.29, 1.82) is 0 Å². The van der Waals surface area contributed by atoms with Crippen molar-refractivity contribution in [2.45, 2.75) is 6.92 Å². The molecule has 4 rings (SSSR count). The van der Waals surface area contributed by atoms with E-state index >= 15 is 0 Å². The Balaban J connectivity index is 2.07. The number of pyridine rings is 2. The van der Waals surface area contributed by atoms with Crippen LogP contribution in [0.25, 0.3) is 28.0 Å². The summed E-state index contributed by atoms with van der Waals surface area (Å²) in [5.74, 6) is -1.24. The molecule has 1 aromatic carbocycles. The van der Waals surface area contributed by atoms with Crippen LogP contribution in [0.4, 0.5) is 8.78 Å². The van der Waals surface area contributed by atoms with Gasteiger partial charge >= 0.3 is 0 Å². The Morgan fingerprint density at radius 3 is 2.46 bits per heavy atom. The molecule has 3 heterocycles. The van der Waals surface area contributed by atoms with E-state index < -0.39 is 11.6 Å². The minimum atomic E-state index is -0.622. The minimum Gasteiger partial charge on any atom is -0.251 e. The predicted octanol–water partition coefficient (Wildman–Crippen LogP) is 4.65. The van der Waals surface area contributed by atoms with Crippen LogP contribution in [0.5, 0.6) is 0 Å². The fraction of sp³-hybridized carbons (Fsp3) is 0.0526. The Morgan fingerprint density at radius 2 is 1.71 bits per heavy atom. The Morgan fingerprint density at radius 1 is 0.917 bits per heavy atom. The van der Waals surface area contributed by atoms with Crippen molar-refractivity contribution in [2.75, 3.05) is 0 Å². The number of halogens is 2. The van der Waals surface area contributed by atoms with Crippen LogP contribution >= 0.6 is 0 Å². The molecule has 0 radical (unpaired) electrons. The van der Waals surface area contributed by atoms with Gasteiger partial charge in [0.1, 0.15) is 17.3 Å². The standard InChI is InChI=1S/C19H13F2N3/c1-12-5-4-6-16(22-12)19-18(13-9-14(20)11-15(21)10-13)17-7-2-3-8-24(17)23-19/h2-11H,1H3. The third-order valence-electron chi connectivity index (χ3n) is 3.82. The summed E-state index contributed by atoms with van der Waals surface area (Å²) in [7, 11) is 0. The van der Waals surface area contributed by atoms with Gasteiger partial charge in [-0.15, -0.1) is 0 Å². The summed E-state index contributed by atoms with van der Waals surface area (Å²) in [6.45, 7) is 1.89. The molecule has 0 unspecified atom stereocenters. The van der Waals surface area contributed by atoms with Crippen LogP contribution in [-0.4, -0.2) is 14.6 Å². The number of benzene rings is 1. The Hall–Kier alpha value is -3.08. The molecule has 3 aromatic heterocycles. The van der Waals surface area contributed by atoms with Gasteiger partial charge in [0.2, 0.25) is 0 Å². The topological polar surface area (TPSA) is 30.2 Å². The van der Waals surface area contributed by atoms with Crippen LogP contribution in [0.3, 0.4) is 0 Å². The summed E-state index contributed by atoms with van der Waals surface area (Å²) in [5.41, 5.74) is 3.97. The van der Waals surface area contributed by atoms with Crippen molar-refractivity contribution < 1.29 is 8.78 Å². The third-order valence-corrected chi connectivity index (χ3v) is 3.82. The molecule has 24 heavy (non-hydrogen) atoms.